The van der Waals surface area contributed by atoms with Crippen LogP contribution in [0.4, 0.5) is 11.4 Å². The fourth-order valence-corrected chi connectivity index (χ4v) is 2.85. The van der Waals surface area contributed by atoms with Gasteiger partial charge in [-0.15, -0.1) is 0 Å². The summed E-state index contributed by atoms with van der Waals surface area (Å²) in [5.74, 6) is 0.608. The molecule has 0 spiro atoms. The standard InChI is InChI=1S/C15H22ClN3O/c1-10-4-3-7-19(11(10)2)9-15(20)18-14-6-5-12(16)8-13(14)17/h5-6,8,10-11H,3-4,7,9,17H2,1-2H3,(H,18,20). The number of rotatable bonds is 3. The number of hydrogen-bond acceptors (Lipinski definition) is 3. The average Bonchev–Trinajstić information content (AvgIpc) is 2.38. The predicted molar refractivity (Wildman–Crippen MR) is 83.9 cm³/mol. The Morgan fingerprint density at radius 1 is 1.50 bits per heavy atom. The number of halogens is 1. The molecule has 1 aliphatic heterocycles. The lowest BCUT2D eigenvalue weighted by atomic mass is 9.92. The van der Waals surface area contributed by atoms with Crippen LogP contribution in [0, 0.1) is 5.92 Å². The van der Waals surface area contributed by atoms with Crippen molar-refractivity contribution < 1.29 is 4.79 Å². The summed E-state index contributed by atoms with van der Waals surface area (Å²) in [7, 11) is 0. The van der Waals surface area contributed by atoms with Gasteiger partial charge in [0.15, 0.2) is 0 Å². The van der Waals surface area contributed by atoms with Crippen molar-refractivity contribution in [3.63, 3.8) is 0 Å². The molecule has 2 atom stereocenters. The van der Waals surface area contributed by atoms with Gasteiger partial charge >= 0.3 is 0 Å². The highest BCUT2D eigenvalue weighted by molar-refractivity contribution is 6.31. The van der Waals surface area contributed by atoms with Crippen LogP contribution in [0.25, 0.3) is 0 Å². The van der Waals surface area contributed by atoms with E-state index in [1.807, 2.05) is 0 Å². The van der Waals surface area contributed by atoms with Crippen molar-refractivity contribution in [3.05, 3.63) is 23.2 Å². The lowest BCUT2D eigenvalue weighted by molar-refractivity contribution is -0.118. The minimum absolute atomic E-state index is 0.0278. The fourth-order valence-electron chi connectivity index (χ4n) is 2.67. The Balaban J connectivity index is 1.95. The summed E-state index contributed by atoms with van der Waals surface area (Å²) in [6, 6.07) is 5.54. The van der Waals surface area contributed by atoms with Crippen LogP contribution >= 0.6 is 11.6 Å². The molecule has 0 saturated carbocycles. The highest BCUT2D eigenvalue weighted by Crippen LogP contribution is 2.24. The molecular weight excluding hydrogens is 274 g/mol. The minimum atomic E-state index is -0.0278. The maximum Gasteiger partial charge on any atom is 0.238 e. The Labute approximate surface area is 125 Å². The van der Waals surface area contributed by atoms with Crippen LogP contribution in [-0.2, 0) is 4.79 Å². The Hall–Kier alpha value is -1.26. The fraction of sp³-hybridized carbons (Fsp3) is 0.533. The second-order valence-corrected chi connectivity index (χ2v) is 6.05. The second-order valence-electron chi connectivity index (χ2n) is 5.61. The quantitative estimate of drug-likeness (QED) is 0.843. The van der Waals surface area contributed by atoms with Crippen molar-refractivity contribution in [3.8, 4) is 0 Å². The first-order valence-electron chi connectivity index (χ1n) is 7.06. The molecule has 0 radical (unpaired) electrons. The molecule has 1 aliphatic rings. The molecule has 2 unspecified atom stereocenters. The van der Waals surface area contributed by atoms with Gasteiger partial charge in [-0.1, -0.05) is 18.5 Å². The summed E-state index contributed by atoms with van der Waals surface area (Å²) in [5.41, 5.74) is 6.95. The smallest absolute Gasteiger partial charge is 0.238 e. The van der Waals surface area contributed by atoms with Crippen molar-refractivity contribution >= 4 is 28.9 Å². The van der Waals surface area contributed by atoms with Crippen LogP contribution < -0.4 is 11.1 Å². The van der Waals surface area contributed by atoms with Gasteiger partial charge in [-0.05, 0) is 50.4 Å². The van der Waals surface area contributed by atoms with Gasteiger partial charge in [0, 0.05) is 11.1 Å². The molecule has 1 heterocycles. The summed E-state index contributed by atoms with van der Waals surface area (Å²) in [6.45, 7) is 5.82. The van der Waals surface area contributed by atoms with E-state index in [9.17, 15) is 4.79 Å². The third-order valence-electron chi connectivity index (χ3n) is 4.14. The van der Waals surface area contributed by atoms with Crippen LogP contribution in [0.1, 0.15) is 26.7 Å². The monoisotopic (exact) mass is 295 g/mol. The summed E-state index contributed by atoms with van der Waals surface area (Å²) >= 11 is 5.84. The average molecular weight is 296 g/mol. The Kier molecular flexibility index (Phi) is 4.89. The summed E-state index contributed by atoms with van der Waals surface area (Å²) in [4.78, 5) is 14.4. The lowest BCUT2D eigenvalue weighted by Gasteiger charge is -2.37. The molecule has 1 fully saturated rings. The highest BCUT2D eigenvalue weighted by atomic mass is 35.5. The third kappa shape index (κ3) is 3.64. The van der Waals surface area contributed by atoms with Crippen LogP contribution in [-0.4, -0.2) is 29.9 Å². The number of hydrogen-bond donors (Lipinski definition) is 2. The van der Waals surface area contributed by atoms with Gasteiger partial charge in [0.05, 0.1) is 17.9 Å². The Bertz CT molecular complexity index is 492. The topological polar surface area (TPSA) is 58.4 Å². The Morgan fingerprint density at radius 3 is 2.95 bits per heavy atom. The molecule has 0 aromatic heterocycles. The van der Waals surface area contributed by atoms with Crippen LogP contribution in [0.5, 0.6) is 0 Å². The molecule has 5 heteroatoms. The zero-order valence-corrected chi connectivity index (χ0v) is 12.8. The van der Waals surface area contributed by atoms with Crippen molar-refractivity contribution in [1.82, 2.24) is 4.90 Å². The van der Waals surface area contributed by atoms with Crippen molar-refractivity contribution in [2.24, 2.45) is 5.92 Å². The van der Waals surface area contributed by atoms with Crippen molar-refractivity contribution in [1.29, 1.82) is 0 Å². The van der Waals surface area contributed by atoms with E-state index >= 15 is 0 Å². The van der Waals surface area contributed by atoms with Gasteiger partial charge < -0.3 is 11.1 Å². The Morgan fingerprint density at radius 2 is 2.25 bits per heavy atom. The van der Waals surface area contributed by atoms with Gasteiger partial charge in [0.1, 0.15) is 0 Å². The first-order valence-corrected chi connectivity index (χ1v) is 7.44. The number of nitrogen functional groups attached to an aromatic ring is 1. The summed E-state index contributed by atoms with van der Waals surface area (Å²) in [5, 5.41) is 3.42. The molecule has 0 aliphatic carbocycles. The number of carbonyl (C=O) groups is 1. The molecule has 1 aromatic carbocycles. The molecule has 20 heavy (non-hydrogen) atoms. The third-order valence-corrected chi connectivity index (χ3v) is 4.37. The number of benzene rings is 1. The number of carbonyl (C=O) groups excluding carboxylic acids is 1. The van der Waals surface area contributed by atoms with Gasteiger partial charge in [0.25, 0.3) is 0 Å². The lowest BCUT2D eigenvalue weighted by Crippen LogP contribution is -2.46. The first kappa shape index (κ1) is 15.1. The molecule has 1 amide bonds. The maximum absolute atomic E-state index is 12.1. The normalized spacial score (nSPS) is 23.6. The molecule has 3 N–H and O–H groups in total. The molecular formula is C15H22ClN3O. The van der Waals surface area contributed by atoms with E-state index in [0.717, 1.165) is 13.0 Å². The van der Waals surface area contributed by atoms with Gasteiger partial charge in [-0.2, -0.15) is 0 Å². The maximum atomic E-state index is 12.1. The van der Waals surface area contributed by atoms with Crippen LogP contribution in [0.3, 0.4) is 0 Å². The van der Waals surface area contributed by atoms with Crippen LogP contribution in [0.2, 0.25) is 5.02 Å². The first-order chi connectivity index (χ1) is 9.47. The van der Waals surface area contributed by atoms with Crippen molar-refractivity contribution in [2.45, 2.75) is 32.7 Å². The van der Waals surface area contributed by atoms with E-state index in [4.69, 9.17) is 17.3 Å². The second kappa shape index (κ2) is 6.46. The molecule has 2 rings (SSSR count). The molecule has 1 saturated heterocycles. The summed E-state index contributed by atoms with van der Waals surface area (Å²) in [6.07, 6.45) is 2.39. The SMILES string of the molecule is CC1CCCN(CC(=O)Nc2ccc(Cl)cc2N)C1C. The van der Waals surface area contributed by atoms with Gasteiger partial charge in [-0.3, -0.25) is 9.69 Å². The number of anilines is 2. The number of nitrogens with two attached hydrogens (primary N) is 1. The molecule has 110 valence electrons. The van der Waals surface area contributed by atoms with E-state index < -0.39 is 0 Å². The van der Waals surface area contributed by atoms with E-state index in [1.165, 1.54) is 6.42 Å². The number of amides is 1. The zero-order valence-electron chi connectivity index (χ0n) is 12.0. The highest BCUT2D eigenvalue weighted by Gasteiger charge is 2.26. The number of nitrogens with zero attached hydrogens (tertiary/aromatic N) is 1. The number of likely N-dealkylation sites (tertiary alicyclic amines) is 1. The van der Waals surface area contributed by atoms with Crippen LogP contribution in [0.15, 0.2) is 18.2 Å². The minimum Gasteiger partial charge on any atom is -0.397 e. The van der Waals surface area contributed by atoms with E-state index in [-0.39, 0.29) is 5.91 Å². The van der Waals surface area contributed by atoms with Crippen molar-refractivity contribution in [2.75, 3.05) is 24.1 Å². The van der Waals surface area contributed by atoms with E-state index in [1.54, 1.807) is 18.2 Å². The molecule has 0 bridgehead atoms. The van der Waals surface area contributed by atoms with E-state index in [0.29, 0.717) is 34.9 Å². The zero-order chi connectivity index (χ0) is 14.7. The molecule has 1 aromatic rings. The predicted octanol–water partition coefficient (Wildman–Crippen LogP) is 2.98. The van der Waals surface area contributed by atoms with Gasteiger partial charge in [-0.25, -0.2) is 0 Å². The number of nitrogens with one attached hydrogen (secondary N) is 1. The summed E-state index contributed by atoms with van der Waals surface area (Å²) < 4.78 is 0. The van der Waals surface area contributed by atoms with Gasteiger partial charge in [0.2, 0.25) is 5.91 Å². The molecule has 4 nitrogen and oxygen atoms in total. The largest absolute Gasteiger partial charge is 0.397 e. The van der Waals surface area contributed by atoms with E-state index in [2.05, 4.69) is 24.1 Å². The number of piperidine rings is 1.